The first-order valence-electron chi connectivity index (χ1n) is 3.82. The largest absolute Gasteiger partial charge is 0.633 e. The van der Waals surface area contributed by atoms with Crippen LogP contribution in [0.1, 0.15) is 27.7 Å². The number of hydrogen-bond donors (Lipinski definition) is 2. The number of hydroxylamine groups is 2. The second-order valence-corrected chi connectivity index (χ2v) is 4.28. The summed E-state index contributed by atoms with van der Waals surface area (Å²) in [7, 11) is 0. The Morgan fingerprint density at radius 3 is 1.91 bits per heavy atom. The van der Waals surface area contributed by atoms with E-state index < -0.39 is 5.54 Å². The Kier molecular flexibility index (Phi) is 1.55. The summed E-state index contributed by atoms with van der Waals surface area (Å²) in [4.78, 5) is 0. The highest BCUT2D eigenvalue weighted by Crippen LogP contribution is 2.19. The topological polar surface area (TPSA) is 53.5 Å². The van der Waals surface area contributed by atoms with Crippen molar-refractivity contribution >= 4 is 0 Å². The minimum absolute atomic E-state index is 0.211. The summed E-state index contributed by atoms with van der Waals surface area (Å²) in [5.41, 5.74) is 5.60. The Labute approximate surface area is 67.4 Å². The molecule has 0 spiro atoms. The molecule has 64 valence electrons. The molecular weight excluding hydrogens is 140 g/mol. The molecule has 1 atom stereocenters. The fourth-order valence-corrected chi connectivity index (χ4v) is 1.57. The van der Waals surface area contributed by atoms with Gasteiger partial charge in [0.15, 0.2) is 0 Å². The van der Waals surface area contributed by atoms with Crippen molar-refractivity contribution in [2.45, 2.75) is 38.8 Å². The van der Waals surface area contributed by atoms with Crippen LogP contribution in [0.5, 0.6) is 0 Å². The quantitative estimate of drug-likeness (QED) is 0.476. The van der Waals surface area contributed by atoms with Crippen LogP contribution in [0.15, 0.2) is 11.8 Å². The molecule has 0 amide bonds. The molecular formula is C8H16N2O. The maximum absolute atomic E-state index is 11.6. The van der Waals surface area contributed by atoms with Crippen LogP contribution in [-0.2, 0) is 0 Å². The van der Waals surface area contributed by atoms with Gasteiger partial charge in [-0.2, -0.15) is 0 Å². The van der Waals surface area contributed by atoms with Gasteiger partial charge in [-0.05, 0) is 27.7 Å². The first kappa shape index (κ1) is 8.56. The van der Waals surface area contributed by atoms with Gasteiger partial charge in [0.1, 0.15) is 11.1 Å². The third-order valence-corrected chi connectivity index (χ3v) is 2.39. The molecule has 1 unspecified atom stereocenters. The van der Waals surface area contributed by atoms with E-state index in [-0.39, 0.29) is 10.6 Å². The van der Waals surface area contributed by atoms with Gasteiger partial charge in [0.05, 0.1) is 5.70 Å². The average molecular weight is 156 g/mol. The summed E-state index contributed by atoms with van der Waals surface area (Å²) in [5.74, 6) is 0. The average Bonchev–Trinajstić information content (AvgIpc) is 1.94. The van der Waals surface area contributed by atoms with E-state index in [9.17, 15) is 5.21 Å². The lowest BCUT2D eigenvalue weighted by atomic mass is 10.0. The number of nitrogens with two attached hydrogens (primary N) is 1. The van der Waals surface area contributed by atoms with Gasteiger partial charge in [-0.3, -0.25) is 0 Å². The van der Waals surface area contributed by atoms with E-state index in [2.05, 4.69) is 0 Å². The molecule has 1 heterocycles. The van der Waals surface area contributed by atoms with E-state index in [0.717, 1.165) is 0 Å². The van der Waals surface area contributed by atoms with Crippen molar-refractivity contribution < 1.29 is 5.06 Å². The fraction of sp³-hybridized carbons (Fsp3) is 0.750. The Morgan fingerprint density at radius 2 is 1.82 bits per heavy atom. The van der Waals surface area contributed by atoms with Crippen LogP contribution in [0.3, 0.4) is 0 Å². The first-order chi connectivity index (χ1) is 4.78. The zero-order valence-corrected chi connectivity index (χ0v) is 7.56. The lowest BCUT2D eigenvalue weighted by molar-refractivity contribution is -0.927. The highest BCUT2D eigenvalue weighted by Gasteiger charge is 2.44. The van der Waals surface area contributed by atoms with Gasteiger partial charge in [-0.25, -0.2) is 0 Å². The number of hydrogen-bond acceptors (Lipinski definition) is 2. The van der Waals surface area contributed by atoms with Gasteiger partial charge in [-0.15, -0.1) is 0 Å². The van der Waals surface area contributed by atoms with Gasteiger partial charge in [-0.1, -0.05) is 0 Å². The molecule has 0 aromatic carbocycles. The molecule has 3 nitrogen and oxygen atoms in total. The first-order valence-corrected chi connectivity index (χ1v) is 3.82. The minimum atomic E-state index is -0.455. The van der Waals surface area contributed by atoms with Crippen molar-refractivity contribution in [3.05, 3.63) is 17.0 Å². The highest BCUT2D eigenvalue weighted by atomic mass is 16.5. The van der Waals surface area contributed by atoms with Crippen LogP contribution in [0, 0.1) is 5.21 Å². The van der Waals surface area contributed by atoms with E-state index in [1.165, 1.54) is 0 Å². The van der Waals surface area contributed by atoms with Crippen molar-refractivity contribution in [3.63, 3.8) is 0 Å². The summed E-state index contributed by atoms with van der Waals surface area (Å²) in [6, 6.07) is 0. The summed E-state index contributed by atoms with van der Waals surface area (Å²) < 4.78 is 0. The maximum atomic E-state index is 11.6. The third-order valence-electron chi connectivity index (χ3n) is 2.39. The second-order valence-electron chi connectivity index (χ2n) is 4.28. The highest BCUT2D eigenvalue weighted by molar-refractivity contribution is 5.19. The molecule has 0 saturated heterocycles. The Balaban J connectivity index is 3.04. The van der Waals surface area contributed by atoms with E-state index in [4.69, 9.17) is 5.73 Å². The van der Waals surface area contributed by atoms with E-state index in [1.54, 1.807) is 0 Å². The molecule has 0 aromatic heterocycles. The Bertz CT molecular complexity index is 206. The van der Waals surface area contributed by atoms with Crippen LogP contribution in [-0.4, -0.2) is 11.1 Å². The maximum Gasteiger partial charge on any atom is 0.132 e. The van der Waals surface area contributed by atoms with Gasteiger partial charge < -0.3 is 16.0 Å². The Hall–Kier alpha value is -0.540. The molecule has 3 heteroatoms. The molecule has 0 aromatic rings. The van der Waals surface area contributed by atoms with Crippen LogP contribution < -0.4 is 10.8 Å². The predicted molar refractivity (Wildman–Crippen MR) is 44.8 cm³/mol. The van der Waals surface area contributed by atoms with Gasteiger partial charge in [0.2, 0.25) is 0 Å². The van der Waals surface area contributed by atoms with E-state index >= 15 is 0 Å². The summed E-state index contributed by atoms with van der Waals surface area (Å²) in [6.07, 6.45) is 1.86. The second kappa shape index (κ2) is 1.99. The van der Waals surface area contributed by atoms with Gasteiger partial charge >= 0.3 is 0 Å². The van der Waals surface area contributed by atoms with Crippen molar-refractivity contribution in [1.82, 2.24) is 0 Å². The molecule has 1 aliphatic heterocycles. The molecule has 0 fully saturated rings. The smallest absolute Gasteiger partial charge is 0.132 e. The van der Waals surface area contributed by atoms with E-state index in [1.807, 2.05) is 33.8 Å². The van der Waals surface area contributed by atoms with Crippen LogP contribution in [0.25, 0.3) is 0 Å². The lowest BCUT2D eigenvalue weighted by Gasteiger charge is -2.40. The third kappa shape index (κ3) is 1.04. The SMILES string of the molecule is CC1(C)C=C(N)C(C)(C)[NH+]1[O-]. The number of nitrogens with one attached hydrogen (secondary N) is 1. The molecule has 0 bridgehead atoms. The van der Waals surface area contributed by atoms with Crippen molar-refractivity contribution in [2.75, 3.05) is 0 Å². The normalized spacial score (nSPS) is 33.5. The monoisotopic (exact) mass is 156 g/mol. The fourth-order valence-electron chi connectivity index (χ4n) is 1.57. The lowest BCUT2D eigenvalue weighted by Crippen LogP contribution is -3.20. The van der Waals surface area contributed by atoms with Crippen molar-refractivity contribution in [2.24, 2.45) is 5.73 Å². The van der Waals surface area contributed by atoms with Crippen molar-refractivity contribution in [1.29, 1.82) is 0 Å². The number of quaternary nitrogens is 1. The van der Waals surface area contributed by atoms with Gasteiger partial charge in [0, 0.05) is 6.08 Å². The molecule has 3 N–H and O–H groups in total. The molecule has 1 rings (SSSR count). The molecule has 0 aliphatic carbocycles. The zero-order valence-electron chi connectivity index (χ0n) is 7.56. The Morgan fingerprint density at radius 1 is 1.36 bits per heavy atom. The van der Waals surface area contributed by atoms with Crippen LogP contribution in [0.2, 0.25) is 0 Å². The molecule has 0 saturated carbocycles. The molecule has 11 heavy (non-hydrogen) atoms. The number of rotatable bonds is 0. The van der Waals surface area contributed by atoms with E-state index in [0.29, 0.717) is 5.70 Å². The summed E-state index contributed by atoms with van der Waals surface area (Å²) in [5, 5.41) is 11.8. The van der Waals surface area contributed by atoms with Crippen LogP contribution >= 0.6 is 0 Å². The zero-order chi connectivity index (χ0) is 8.86. The minimum Gasteiger partial charge on any atom is -0.633 e. The molecule has 0 radical (unpaired) electrons. The predicted octanol–water partition coefficient (Wildman–Crippen LogP) is -0.217. The molecule has 1 aliphatic rings. The standard InChI is InChI=1S/C8H16N2O/c1-7(2)5-6(9)8(3,4)10(7)11/h5,10H,9H2,1-4H3. The summed E-state index contributed by atoms with van der Waals surface area (Å²) >= 11 is 0. The van der Waals surface area contributed by atoms with Crippen LogP contribution in [0.4, 0.5) is 0 Å². The van der Waals surface area contributed by atoms with Crippen molar-refractivity contribution in [3.8, 4) is 0 Å². The summed E-state index contributed by atoms with van der Waals surface area (Å²) in [6.45, 7) is 7.54. The van der Waals surface area contributed by atoms with Gasteiger partial charge in [0.25, 0.3) is 0 Å².